The van der Waals surface area contributed by atoms with Crippen molar-refractivity contribution in [1.29, 1.82) is 0 Å². The van der Waals surface area contributed by atoms with Gasteiger partial charge in [-0.05, 0) is 74.8 Å². The second kappa shape index (κ2) is 7.28. The van der Waals surface area contributed by atoms with Gasteiger partial charge >= 0.3 is 0 Å². The highest BCUT2D eigenvalue weighted by Gasteiger charge is 2.21. The first-order chi connectivity index (χ1) is 10.8. The normalized spacial score (nSPS) is 19.7. The first kappa shape index (κ1) is 15.5. The van der Waals surface area contributed by atoms with Gasteiger partial charge in [-0.15, -0.1) is 0 Å². The van der Waals surface area contributed by atoms with Gasteiger partial charge in [0, 0.05) is 24.7 Å². The molecule has 3 rings (SSSR count). The molecule has 1 amide bonds. The number of hydrogen-bond acceptors (Lipinski definition) is 2. The Hall–Kier alpha value is -1.35. The highest BCUT2D eigenvalue weighted by Crippen LogP contribution is 2.22. The zero-order valence-electron chi connectivity index (χ0n) is 13.7. The highest BCUT2D eigenvalue weighted by molar-refractivity contribution is 5.94. The standard InChI is InChI=1S/C19H28N2O/c1-2-11-21-12-9-18(10-13-21)20-19(22)17-8-7-15-5-3-4-6-16(15)14-17/h7-8,14,18H,2-6,9-13H2,1H3,(H,20,22). The molecule has 1 heterocycles. The Morgan fingerprint density at radius 1 is 1.18 bits per heavy atom. The number of fused-ring (bicyclic) bond motifs is 1. The minimum Gasteiger partial charge on any atom is -0.349 e. The van der Waals surface area contributed by atoms with Crippen molar-refractivity contribution in [2.45, 2.75) is 57.9 Å². The Morgan fingerprint density at radius 2 is 1.91 bits per heavy atom. The van der Waals surface area contributed by atoms with Crippen molar-refractivity contribution in [2.24, 2.45) is 0 Å². The van der Waals surface area contributed by atoms with Crippen LogP contribution in [0.4, 0.5) is 0 Å². The van der Waals surface area contributed by atoms with E-state index in [0.717, 1.165) is 37.9 Å². The Balaban J connectivity index is 1.56. The van der Waals surface area contributed by atoms with Gasteiger partial charge in [-0.3, -0.25) is 4.79 Å². The van der Waals surface area contributed by atoms with Crippen LogP contribution in [-0.4, -0.2) is 36.5 Å². The molecule has 1 N–H and O–H groups in total. The van der Waals surface area contributed by atoms with Crippen LogP contribution in [0, 0.1) is 0 Å². The number of hydrogen-bond donors (Lipinski definition) is 1. The number of likely N-dealkylation sites (tertiary alicyclic amines) is 1. The summed E-state index contributed by atoms with van der Waals surface area (Å²) < 4.78 is 0. The van der Waals surface area contributed by atoms with E-state index in [4.69, 9.17) is 0 Å². The van der Waals surface area contributed by atoms with Crippen molar-refractivity contribution < 1.29 is 4.79 Å². The lowest BCUT2D eigenvalue weighted by Crippen LogP contribution is -2.44. The third-order valence-electron chi connectivity index (χ3n) is 5.07. The maximum atomic E-state index is 12.5. The number of piperidine rings is 1. The molecule has 1 aliphatic carbocycles. The van der Waals surface area contributed by atoms with Crippen LogP contribution in [0.25, 0.3) is 0 Å². The van der Waals surface area contributed by atoms with E-state index in [2.05, 4.69) is 29.3 Å². The number of benzene rings is 1. The predicted octanol–water partition coefficient (Wildman–Crippen LogP) is 3.17. The number of aryl methyl sites for hydroxylation is 2. The molecule has 0 bridgehead atoms. The van der Waals surface area contributed by atoms with E-state index in [0.29, 0.717) is 6.04 Å². The molecule has 0 spiro atoms. The summed E-state index contributed by atoms with van der Waals surface area (Å²) in [6.45, 7) is 5.64. The van der Waals surface area contributed by atoms with Gasteiger partial charge in [-0.25, -0.2) is 0 Å². The number of rotatable bonds is 4. The maximum absolute atomic E-state index is 12.5. The van der Waals surface area contributed by atoms with Gasteiger partial charge in [0.2, 0.25) is 0 Å². The number of nitrogens with zero attached hydrogens (tertiary/aromatic N) is 1. The van der Waals surface area contributed by atoms with E-state index in [9.17, 15) is 4.79 Å². The lowest BCUT2D eigenvalue weighted by molar-refractivity contribution is 0.0911. The second-order valence-corrected chi connectivity index (χ2v) is 6.78. The third-order valence-corrected chi connectivity index (χ3v) is 5.07. The van der Waals surface area contributed by atoms with E-state index < -0.39 is 0 Å². The van der Waals surface area contributed by atoms with Gasteiger partial charge in [0.15, 0.2) is 0 Å². The monoisotopic (exact) mass is 300 g/mol. The van der Waals surface area contributed by atoms with E-state index in [1.807, 2.05) is 6.07 Å². The second-order valence-electron chi connectivity index (χ2n) is 6.78. The van der Waals surface area contributed by atoms with Crippen LogP contribution in [0.1, 0.15) is 60.5 Å². The van der Waals surface area contributed by atoms with E-state index >= 15 is 0 Å². The maximum Gasteiger partial charge on any atom is 0.251 e. The zero-order valence-corrected chi connectivity index (χ0v) is 13.7. The molecule has 3 heteroatoms. The van der Waals surface area contributed by atoms with Crippen molar-refractivity contribution in [3.8, 4) is 0 Å². The van der Waals surface area contributed by atoms with E-state index in [1.165, 1.54) is 43.4 Å². The van der Waals surface area contributed by atoms with Gasteiger partial charge in [-0.1, -0.05) is 13.0 Å². The van der Waals surface area contributed by atoms with Gasteiger partial charge < -0.3 is 10.2 Å². The molecule has 0 atom stereocenters. The molecule has 22 heavy (non-hydrogen) atoms. The first-order valence-corrected chi connectivity index (χ1v) is 8.91. The lowest BCUT2D eigenvalue weighted by Gasteiger charge is -2.32. The fourth-order valence-electron chi connectivity index (χ4n) is 3.76. The molecular weight excluding hydrogens is 272 g/mol. The van der Waals surface area contributed by atoms with Crippen LogP contribution < -0.4 is 5.32 Å². The van der Waals surface area contributed by atoms with Crippen molar-refractivity contribution in [1.82, 2.24) is 10.2 Å². The molecule has 1 saturated heterocycles. The third kappa shape index (κ3) is 3.70. The zero-order chi connectivity index (χ0) is 15.4. The Labute approximate surface area is 134 Å². The molecule has 120 valence electrons. The molecule has 3 nitrogen and oxygen atoms in total. The van der Waals surface area contributed by atoms with Crippen LogP contribution in [0.5, 0.6) is 0 Å². The summed E-state index contributed by atoms with van der Waals surface area (Å²) in [5.74, 6) is 0.113. The predicted molar refractivity (Wildman–Crippen MR) is 90.3 cm³/mol. The van der Waals surface area contributed by atoms with Crippen LogP contribution in [0.2, 0.25) is 0 Å². The quantitative estimate of drug-likeness (QED) is 0.926. The molecule has 0 aromatic heterocycles. The number of nitrogens with one attached hydrogen (secondary N) is 1. The Kier molecular flexibility index (Phi) is 5.14. The van der Waals surface area contributed by atoms with Crippen LogP contribution in [-0.2, 0) is 12.8 Å². The van der Waals surface area contributed by atoms with Crippen LogP contribution in [0.3, 0.4) is 0 Å². The summed E-state index contributed by atoms with van der Waals surface area (Å²) in [5, 5.41) is 3.24. The number of carbonyl (C=O) groups is 1. The topological polar surface area (TPSA) is 32.3 Å². The molecule has 1 aromatic carbocycles. The first-order valence-electron chi connectivity index (χ1n) is 8.91. The molecule has 0 radical (unpaired) electrons. The molecule has 1 fully saturated rings. The van der Waals surface area contributed by atoms with Gasteiger partial charge in [0.25, 0.3) is 5.91 Å². The SMILES string of the molecule is CCCN1CCC(NC(=O)c2ccc3c(c2)CCCC3)CC1. The number of carbonyl (C=O) groups excluding carboxylic acids is 1. The lowest BCUT2D eigenvalue weighted by atomic mass is 9.90. The Bertz CT molecular complexity index is 518. The minimum absolute atomic E-state index is 0.113. The molecule has 1 aromatic rings. The summed E-state index contributed by atoms with van der Waals surface area (Å²) in [4.78, 5) is 15.0. The molecule has 0 unspecified atom stereocenters. The molecular formula is C19H28N2O. The summed E-state index contributed by atoms with van der Waals surface area (Å²) >= 11 is 0. The van der Waals surface area contributed by atoms with Gasteiger partial charge in [0.1, 0.15) is 0 Å². The van der Waals surface area contributed by atoms with E-state index in [1.54, 1.807) is 0 Å². The summed E-state index contributed by atoms with van der Waals surface area (Å²) in [6.07, 6.45) is 8.22. The largest absolute Gasteiger partial charge is 0.349 e. The molecule has 1 aliphatic heterocycles. The summed E-state index contributed by atoms with van der Waals surface area (Å²) in [5.41, 5.74) is 3.67. The molecule has 2 aliphatic rings. The number of amides is 1. The van der Waals surface area contributed by atoms with Gasteiger partial charge in [-0.2, -0.15) is 0 Å². The van der Waals surface area contributed by atoms with Crippen molar-refractivity contribution in [3.63, 3.8) is 0 Å². The van der Waals surface area contributed by atoms with E-state index in [-0.39, 0.29) is 5.91 Å². The van der Waals surface area contributed by atoms with Gasteiger partial charge in [0.05, 0.1) is 0 Å². The summed E-state index contributed by atoms with van der Waals surface area (Å²) in [6, 6.07) is 6.63. The van der Waals surface area contributed by atoms with Crippen molar-refractivity contribution in [2.75, 3.05) is 19.6 Å². The Morgan fingerprint density at radius 3 is 2.64 bits per heavy atom. The smallest absolute Gasteiger partial charge is 0.251 e. The van der Waals surface area contributed by atoms with Crippen molar-refractivity contribution in [3.05, 3.63) is 34.9 Å². The average molecular weight is 300 g/mol. The van der Waals surface area contributed by atoms with Crippen LogP contribution in [0.15, 0.2) is 18.2 Å². The highest BCUT2D eigenvalue weighted by atomic mass is 16.1. The van der Waals surface area contributed by atoms with Crippen molar-refractivity contribution >= 4 is 5.91 Å². The fourth-order valence-corrected chi connectivity index (χ4v) is 3.76. The fraction of sp³-hybridized carbons (Fsp3) is 0.632. The van der Waals surface area contributed by atoms with Crippen LogP contribution >= 0.6 is 0 Å². The molecule has 0 saturated carbocycles. The summed E-state index contributed by atoms with van der Waals surface area (Å²) in [7, 11) is 0. The minimum atomic E-state index is 0.113. The average Bonchev–Trinajstić information content (AvgIpc) is 2.56.